The summed E-state index contributed by atoms with van der Waals surface area (Å²) in [5.41, 5.74) is 0.732. The molecule has 1 atom stereocenters. The molecule has 1 spiro atoms. The number of aromatic nitrogens is 2. The number of ether oxygens (including phenoxy) is 1. The fourth-order valence-electron chi connectivity index (χ4n) is 4.85. The van der Waals surface area contributed by atoms with E-state index in [2.05, 4.69) is 9.88 Å². The molecule has 3 aliphatic heterocycles. The molecule has 4 fully saturated rings. The van der Waals surface area contributed by atoms with E-state index in [1.54, 1.807) is 0 Å². The van der Waals surface area contributed by atoms with Gasteiger partial charge in [-0.1, -0.05) is 0 Å². The number of aryl methyl sites for hydroxylation is 1. The summed E-state index contributed by atoms with van der Waals surface area (Å²) < 4.78 is 8.00. The number of nitrogens with zero attached hydrogens (tertiary/aromatic N) is 5. The highest BCUT2D eigenvalue weighted by atomic mass is 16.6. The standard InChI is InChI=1S/C19H27N5O3/c1-21-13-20-10-15(21)11-22-8-9-24-16(12-22)19(27-18(24)26)4-6-23(7-5-19)17(25)14-2-3-14/h10,13-14,16H,2-9,11-12H2,1H3. The van der Waals surface area contributed by atoms with Crippen LogP contribution in [0.25, 0.3) is 0 Å². The van der Waals surface area contributed by atoms with Crippen LogP contribution in [0.5, 0.6) is 0 Å². The first kappa shape index (κ1) is 17.0. The molecule has 2 amide bonds. The van der Waals surface area contributed by atoms with Crippen molar-refractivity contribution in [3.05, 3.63) is 18.2 Å². The minimum Gasteiger partial charge on any atom is -0.440 e. The van der Waals surface area contributed by atoms with Crippen molar-refractivity contribution >= 4 is 12.0 Å². The van der Waals surface area contributed by atoms with Gasteiger partial charge in [-0.05, 0) is 12.8 Å². The van der Waals surface area contributed by atoms with Gasteiger partial charge in [0.1, 0.15) is 5.60 Å². The van der Waals surface area contributed by atoms with Gasteiger partial charge in [0.25, 0.3) is 0 Å². The Labute approximate surface area is 159 Å². The minimum atomic E-state index is -0.442. The zero-order valence-electron chi connectivity index (χ0n) is 15.8. The van der Waals surface area contributed by atoms with Crippen LogP contribution >= 0.6 is 0 Å². The highest BCUT2D eigenvalue weighted by molar-refractivity contribution is 5.81. The van der Waals surface area contributed by atoms with Crippen LogP contribution in [0.1, 0.15) is 31.4 Å². The Kier molecular flexibility index (Phi) is 3.93. The second-order valence-corrected chi connectivity index (χ2v) is 8.47. The average molecular weight is 373 g/mol. The first-order valence-electron chi connectivity index (χ1n) is 10.0. The summed E-state index contributed by atoms with van der Waals surface area (Å²) in [5, 5.41) is 0. The van der Waals surface area contributed by atoms with Crippen molar-refractivity contribution in [3.63, 3.8) is 0 Å². The molecular weight excluding hydrogens is 346 g/mol. The summed E-state index contributed by atoms with van der Waals surface area (Å²) in [6.45, 7) is 4.60. The molecule has 27 heavy (non-hydrogen) atoms. The maximum atomic E-state index is 12.5. The Morgan fingerprint density at radius 2 is 2.04 bits per heavy atom. The van der Waals surface area contributed by atoms with Crippen molar-refractivity contribution in [2.24, 2.45) is 13.0 Å². The van der Waals surface area contributed by atoms with Crippen molar-refractivity contribution in [3.8, 4) is 0 Å². The third-order valence-electron chi connectivity index (χ3n) is 6.75. The van der Waals surface area contributed by atoms with Gasteiger partial charge in [-0.15, -0.1) is 0 Å². The van der Waals surface area contributed by atoms with Crippen LogP contribution in [0.2, 0.25) is 0 Å². The number of imidazole rings is 1. The maximum absolute atomic E-state index is 12.5. The summed E-state index contributed by atoms with van der Waals surface area (Å²) >= 11 is 0. The molecule has 0 bridgehead atoms. The number of piperazine rings is 1. The van der Waals surface area contributed by atoms with Gasteiger partial charge in [-0.3, -0.25) is 14.6 Å². The lowest BCUT2D eigenvalue weighted by Gasteiger charge is -2.45. The Bertz CT molecular complexity index is 750. The molecule has 1 aromatic heterocycles. The van der Waals surface area contributed by atoms with Crippen LogP contribution in [0.15, 0.2) is 12.5 Å². The predicted molar refractivity (Wildman–Crippen MR) is 96.7 cm³/mol. The number of piperidine rings is 1. The van der Waals surface area contributed by atoms with Gasteiger partial charge in [-0.25, -0.2) is 9.78 Å². The quantitative estimate of drug-likeness (QED) is 0.785. The number of fused-ring (bicyclic) bond motifs is 2. The number of hydrogen-bond donors (Lipinski definition) is 0. The molecule has 1 saturated carbocycles. The molecule has 4 aliphatic rings. The van der Waals surface area contributed by atoms with Gasteiger partial charge < -0.3 is 14.2 Å². The van der Waals surface area contributed by atoms with Crippen molar-refractivity contribution < 1.29 is 14.3 Å². The van der Waals surface area contributed by atoms with Gasteiger partial charge in [-0.2, -0.15) is 0 Å². The number of carbonyl (C=O) groups excluding carboxylic acids is 2. The Balaban J connectivity index is 1.28. The highest BCUT2D eigenvalue weighted by Crippen LogP contribution is 2.41. The summed E-state index contributed by atoms with van der Waals surface area (Å²) in [4.78, 5) is 35.3. The summed E-state index contributed by atoms with van der Waals surface area (Å²) in [7, 11) is 2.01. The molecule has 4 heterocycles. The van der Waals surface area contributed by atoms with E-state index in [1.165, 1.54) is 5.69 Å². The predicted octanol–water partition coefficient (Wildman–Crippen LogP) is 0.828. The molecule has 0 N–H and O–H groups in total. The van der Waals surface area contributed by atoms with E-state index in [0.717, 1.165) is 45.3 Å². The fourth-order valence-corrected chi connectivity index (χ4v) is 4.85. The van der Waals surface area contributed by atoms with Crippen molar-refractivity contribution in [2.75, 3.05) is 32.7 Å². The lowest BCUT2D eigenvalue weighted by atomic mass is 9.83. The Morgan fingerprint density at radius 3 is 2.70 bits per heavy atom. The number of amides is 2. The van der Waals surface area contributed by atoms with Gasteiger partial charge >= 0.3 is 6.09 Å². The normalized spacial score (nSPS) is 27.7. The van der Waals surface area contributed by atoms with Crippen molar-refractivity contribution in [1.29, 1.82) is 0 Å². The highest BCUT2D eigenvalue weighted by Gasteiger charge is 2.57. The van der Waals surface area contributed by atoms with Crippen LogP contribution in [-0.4, -0.2) is 80.6 Å². The first-order chi connectivity index (χ1) is 13.1. The number of rotatable bonds is 3. The second-order valence-electron chi connectivity index (χ2n) is 8.47. The van der Waals surface area contributed by atoms with Gasteiger partial charge in [0.2, 0.25) is 5.91 Å². The van der Waals surface area contributed by atoms with Crippen LogP contribution in [0.4, 0.5) is 4.79 Å². The molecule has 0 aromatic carbocycles. The third-order valence-corrected chi connectivity index (χ3v) is 6.75. The van der Waals surface area contributed by atoms with Crippen LogP contribution in [0, 0.1) is 5.92 Å². The molecule has 5 rings (SSSR count). The molecule has 8 heteroatoms. The van der Waals surface area contributed by atoms with Gasteiger partial charge in [0.05, 0.1) is 18.1 Å². The molecular formula is C19H27N5O3. The smallest absolute Gasteiger partial charge is 0.410 e. The van der Waals surface area contributed by atoms with E-state index in [0.29, 0.717) is 25.5 Å². The summed E-state index contributed by atoms with van der Waals surface area (Å²) in [6.07, 6.45) is 7.11. The van der Waals surface area contributed by atoms with Gasteiger partial charge in [0, 0.05) is 71.3 Å². The van der Waals surface area contributed by atoms with E-state index < -0.39 is 5.60 Å². The van der Waals surface area contributed by atoms with E-state index >= 15 is 0 Å². The second kappa shape index (κ2) is 6.22. The molecule has 146 valence electrons. The van der Waals surface area contributed by atoms with Crippen LogP contribution in [0.3, 0.4) is 0 Å². The summed E-state index contributed by atoms with van der Waals surface area (Å²) in [6, 6.07) is 0.0742. The average Bonchev–Trinajstić information content (AvgIpc) is 3.40. The van der Waals surface area contributed by atoms with Crippen molar-refractivity contribution in [1.82, 2.24) is 24.3 Å². The Morgan fingerprint density at radius 1 is 1.26 bits per heavy atom. The molecule has 3 saturated heterocycles. The first-order valence-corrected chi connectivity index (χ1v) is 10.0. The third kappa shape index (κ3) is 2.90. The zero-order chi connectivity index (χ0) is 18.6. The van der Waals surface area contributed by atoms with E-state index in [9.17, 15) is 9.59 Å². The summed E-state index contributed by atoms with van der Waals surface area (Å²) in [5.74, 6) is 0.554. The van der Waals surface area contributed by atoms with E-state index in [4.69, 9.17) is 4.74 Å². The molecule has 8 nitrogen and oxygen atoms in total. The number of carbonyl (C=O) groups is 2. The molecule has 1 aliphatic carbocycles. The van der Waals surface area contributed by atoms with E-state index in [-0.39, 0.29) is 18.1 Å². The lowest BCUT2D eigenvalue weighted by Crippen LogP contribution is -2.60. The Hall–Kier alpha value is -2.09. The van der Waals surface area contributed by atoms with Gasteiger partial charge in [0.15, 0.2) is 0 Å². The minimum absolute atomic E-state index is 0.0742. The van der Waals surface area contributed by atoms with Crippen LogP contribution < -0.4 is 0 Å². The molecule has 1 unspecified atom stereocenters. The molecule has 1 aromatic rings. The monoisotopic (exact) mass is 373 g/mol. The SMILES string of the molecule is Cn1cncc1CN1CCN2C(=O)OC3(CCN(C(=O)C4CC4)CC3)C2C1. The topological polar surface area (TPSA) is 70.9 Å². The number of hydrogen-bond acceptors (Lipinski definition) is 5. The molecule has 0 radical (unpaired) electrons. The fraction of sp³-hybridized carbons (Fsp3) is 0.737. The lowest BCUT2D eigenvalue weighted by molar-refractivity contribution is -0.137. The van der Waals surface area contributed by atoms with Crippen LogP contribution in [-0.2, 0) is 23.1 Å². The zero-order valence-corrected chi connectivity index (χ0v) is 15.8. The maximum Gasteiger partial charge on any atom is 0.410 e. The largest absolute Gasteiger partial charge is 0.440 e. The number of likely N-dealkylation sites (tertiary alicyclic amines) is 1. The van der Waals surface area contributed by atoms with Crippen molar-refractivity contribution in [2.45, 2.75) is 43.9 Å². The van der Waals surface area contributed by atoms with E-state index in [1.807, 2.05) is 33.9 Å².